The van der Waals surface area contributed by atoms with Crippen LogP contribution < -0.4 is 5.32 Å². The summed E-state index contributed by atoms with van der Waals surface area (Å²) >= 11 is 0. The fourth-order valence-electron chi connectivity index (χ4n) is 2.58. The SMILES string of the molecule is CC(C)NC1CCN(C(C)C)C(C)C1. The van der Waals surface area contributed by atoms with Crippen molar-refractivity contribution in [3.05, 3.63) is 0 Å². The van der Waals surface area contributed by atoms with Crippen molar-refractivity contribution >= 4 is 0 Å². The van der Waals surface area contributed by atoms with Crippen LogP contribution in [0.2, 0.25) is 0 Å². The first-order valence-electron chi connectivity index (χ1n) is 6.02. The Hall–Kier alpha value is -0.0800. The van der Waals surface area contributed by atoms with Crippen LogP contribution in [0.4, 0.5) is 0 Å². The molecule has 1 fully saturated rings. The normalized spacial score (nSPS) is 30.2. The summed E-state index contributed by atoms with van der Waals surface area (Å²) in [5.41, 5.74) is 0. The van der Waals surface area contributed by atoms with E-state index in [9.17, 15) is 0 Å². The van der Waals surface area contributed by atoms with Crippen molar-refractivity contribution in [3.63, 3.8) is 0 Å². The molecule has 2 atom stereocenters. The molecule has 0 aromatic heterocycles. The fourth-order valence-corrected chi connectivity index (χ4v) is 2.58. The Bertz CT molecular complexity index is 166. The maximum Gasteiger partial charge on any atom is 0.00963 e. The average molecular weight is 198 g/mol. The van der Waals surface area contributed by atoms with E-state index in [4.69, 9.17) is 0 Å². The van der Waals surface area contributed by atoms with E-state index in [-0.39, 0.29) is 0 Å². The second kappa shape index (κ2) is 5.13. The molecule has 0 amide bonds. The van der Waals surface area contributed by atoms with Gasteiger partial charge in [-0.05, 0) is 33.6 Å². The van der Waals surface area contributed by atoms with Crippen LogP contribution in [-0.4, -0.2) is 35.6 Å². The molecule has 0 saturated carbocycles. The lowest BCUT2D eigenvalue weighted by molar-refractivity contribution is 0.101. The lowest BCUT2D eigenvalue weighted by Crippen LogP contribution is -2.51. The van der Waals surface area contributed by atoms with Gasteiger partial charge in [-0.1, -0.05) is 13.8 Å². The van der Waals surface area contributed by atoms with Gasteiger partial charge in [-0.25, -0.2) is 0 Å². The molecule has 1 N–H and O–H groups in total. The van der Waals surface area contributed by atoms with Gasteiger partial charge >= 0.3 is 0 Å². The summed E-state index contributed by atoms with van der Waals surface area (Å²) in [7, 11) is 0. The summed E-state index contributed by atoms with van der Waals surface area (Å²) in [4.78, 5) is 2.61. The summed E-state index contributed by atoms with van der Waals surface area (Å²) in [6, 6.07) is 2.79. The Morgan fingerprint density at radius 2 is 1.86 bits per heavy atom. The van der Waals surface area contributed by atoms with E-state index in [2.05, 4.69) is 44.8 Å². The molecule has 0 radical (unpaired) electrons. The summed E-state index contributed by atoms with van der Waals surface area (Å²) < 4.78 is 0. The Balaban J connectivity index is 2.39. The maximum atomic E-state index is 3.64. The van der Waals surface area contributed by atoms with Crippen LogP contribution in [0.3, 0.4) is 0 Å². The molecule has 2 unspecified atom stereocenters. The highest BCUT2D eigenvalue weighted by atomic mass is 15.2. The van der Waals surface area contributed by atoms with E-state index in [1.165, 1.54) is 19.4 Å². The third-order valence-electron chi connectivity index (χ3n) is 3.16. The topological polar surface area (TPSA) is 15.3 Å². The molecule has 1 rings (SSSR count). The summed E-state index contributed by atoms with van der Waals surface area (Å²) in [6.07, 6.45) is 2.61. The number of likely N-dealkylation sites (tertiary alicyclic amines) is 1. The molecule has 0 spiro atoms. The number of hydrogen-bond donors (Lipinski definition) is 1. The van der Waals surface area contributed by atoms with E-state index < -0.39 is 0 Å². The number of nitrogens with one attached hydrogen (secondary N) is 1. The van der Waals surface area contributed by atoms with E-state index in [1.54, 1.807) is 0 Å². The summed E-state index contributed by atoms with van der Waals surface area (Å²) in [5.74, 6) is 0. The fraction of sp³-hybridized carbons (Fsp3) is 1.00. The van der Waals surface area contributed by atoms with Gasteiger partial charge in [0.2, 0.25) is 0 Å². The van der Waals surface area contributed by atoms with Gasteiger partial charge in [0.15, 0.2) is 0 Å². The van der Waals surface area contributed by atoms with Crippen molar-refractivity contribution in [2.45, 2.75) is 71.6 Å². The van der Waals surface area contributed by atoms with Gasteiger partial charge in [-0.3, -0.25) is 4.90 Å². The Morgan fingerprint density at radius 3 is 2.29 bits per heavy atom. The smallest absolute Gasteiger partial charge is 0.00963 e. The molecule has 84 valence electrons. The number of rotatable bonds is 3. The molecule has 1 heterocycles. The van der Waals surface area contributed by atoms with Gasteiger partial charge in [-0.15, -0.1) is 0 Å². The second-order valence-electron chi connectivity index (χ2n) is 5.22. The van der Waals surface area contributed by atoms with Crippen molar-refractivity contribution in [2.75, 3.05) is 6.54 Å². The molecule has 14 heavy (non-hydrogen) atoms. The van der Waals surface area contributed by atoms with Crippen LogP contribution in [-0.2, 0) is 0 Å². The zero-order chi connectivity index (χ0) is 10.7. The Kier molecular flexibility index (Phi) is 4.39. The molecular formula is C12H26N2. The molecular weight excluding hydrogens is 172 g/mol. The minimum Gasteiger partial charge on any atom is -0.312 e. The number of nitrogens with zero attached hydrogens (tertiary/aromatic N) is 1. The predicted molar refractivity (Wildman–Crippen MR) is 62.6 cm³/mol. The van der Waals surface area contributed by atoms with Crippen molar-refractivity contribution in [1.82, 2.24) is 10.2 Å². The molecule has 0 bridgehead atoms. The van der Waals surface area contributed by atoms with Crippen LogP contribution in [0.25, 0.3) is 0 Å². The van der Waals surface area contributed by atoms with E-state index in [0.717, 1.165) is 12.1 Å². The number of hydrogen-bond acceptors (Lipinski definition) is 2. The summed E-state index contributed by atoms with van der Waals surface area (Å²) in [5, 5.41) is 3.64. The van der Waals surface area contributed by atoms with Crippen molar-refractivity contribution in [2.24, 2.45) is 0 Å². The van der Waals surface area contributed by atoms with E-state index in [1.807, 2.05) is 0 Å². The number of piperidine rings is 1. The molecule has 1 aliphatic heterocycles. The molecule has 2 nitrogen and oxygen atoms in total. The average Bonchev–Trinajstić information content (AvgIpc) is 2.01. The largest absolute Gasteiger partial charge is 0.312 e. The van der Waals surface area contributed by atoms with Crippen LogP contribution in [0, 0.1) is 0 Å². The Labute approximate surface area is 89.1 Å². The van der Waals surface area contributed by atoms with E-state index in [0.29, 0.717) is 12.1 Å². The minimum absolute atomic E-state index is 0.623. The summed E-state index contributed by atoms with van der Waals surface area (Å²) in [6.45, 7) is 12.7. The highest BCUT2D eigenvalue weighted by Crippen LogP contribution is 2.19. The molecule has 1 saturated heterocycles. The Morgan fingerprint density at radius 1 is 1.21 bits per heavy atom. The van der Waals surface area contributed by atoms with Gasteiger partial charge in [-0.2, -0.15) is 0 Å². The first-order valence-corrected chi connectivity index (χ1v) is 6.02. The van der Waals surface area contributed by atoms with Gasteiger partial charge in [0.1, 0.15) is 0 Å². The predicted octanol–water partition coefficient (Wildman–Crippen LogP) is 2.25. The maximum absolute atomic E-state index is 3.64. The first-order chi connectivity index (χ1) is 6.50. The van der Waals surface area contributed by atoms with E-state index >= 15 is 0 Å². The first kappa shape index (κ1) is 12.0. The van der Waals surface area contributed by atoms with Gasteiger partial charge < -0.3 is 5.32 Å². The molecule has 1 aliphatic rings. The molecule has 2 heteroatoms. The minimum atomic E-state index is 0.623. The quantitative estimate of drug-likeness (QED) is 0.748. The molecule has 0 aliphatic carbocycles. The van der Waals surface area contributed by atoms with Crippen LogP contribution >= 0.6 is 0 Å². The van der Waals surface area contributed by atoms with Crippen LogP contribution in [0.5, 0.6) is 0 Å². The lowest BCUT2D eigenvalue weighted by Gasteiger charge is -2.41. The van der Waals surface area contributed by atoms with Gasteiger partial charge in [0, 0.05) is 30.7 Å². The van der Waals surface area contributed by atoms with Gasteiger partial charge in [0.25, 0.3) is 0 Å². The highest BCUT2D eigenvalue weighted by molar-refractivity contribution is 4.85. The van der Waals surface area contributed by atoms with Crippen molar-refractivity contribution in [1.29, 1.82) is 0 Å². The van der Waals surface area contributed by atoms with Crippen molar-refractivity contribution < 1.29 is 0 Å². The molecule has 0 aromatic rings. The van der Waals surface area contributed by atoms with Crippen LogP contribution in [0.1, 0.15) is 47.5 Å². The highest BCUT2D eigenvalue weighted by Gasteiger charge is 2.26. The zero-order valence-electron chi connectivity index (χ0n) is 10.4. The standard InChI is InChI=1S/C12H26N2/c1-9(2)13-12-6-7-14(10(3)4)11(5)8-12/h9-13H,6-8H2,1-5H3. The third kappa shape index (κ3) is 3.25. The lowest BCUT2D eigenvalue weighted by atomic mass is 9.96. The van der Waals surface area contributed by atoms with Crippen LogP contribution in [0.15, 0.2) is 0 Å². The zero-order valence-corrected chi connectivity index (χ0v) is 10.4. The molecule has 0 aromatic carbocycles. The monoisotopic (exact) mass is 198 g/mol. The van der Waals surface area contributed by atoms with Gasteiger partial charge in [0.05, 0.1) is 0 Å². The second-order valence-corrected chi connectivity index (χ2v) is 5.22. The third-order valence-corrected chi connectivity index (χ3v) is 3.16. The van der Waals surface area contributed by atoms with Crippen molar-refractivity contribution in [3.8, 4) is 0 Å².